The molecule has 0 heterocycles. The van der Waals surface area contributed by atoms with Gasteiger partial charge in [0.2, 0.25) is 0 Å². The average Bonchev–Trinajstić information content (AvgIpc) is 2.14. The monoisotopic (exact) mass is 209 g/mol. The van der Waals surface area contributed by atoms with Crippen LogP contribution in [0.25, 0.3) is 0 Å². The number of hydrogen-bond acceptors (Lipinski definition) is 1. The second-order valence-electron chi connectivity index (χ2n) is 4.21. The van der Waals surface area contributed by atoms with Crippen molar-refractivity contribution in [1.82, 2.24) is 0 Å². The lowest BCUT2D eigenvalue weighted by Gasteiger charge is -2.29. The van der Waals surface area contributed by atoms with E-state index in [9.17, 15) is 13.2 Å². The first-order chi connectivity index (χ1) is 6.53. The maximum absolute atomic E-state index is 12.2. The molecule has 2 N–H and O–H groups in total. The summed E-state index contributed by atoms with van der Waals surface area (Å²) in [6, 6.07) is 0. The van der Waals surface area contributed by atoms with Crippen molar-refractivity contribution in [2.45, 2.75) is 44.7 Å². The second-order valence-corrected chi connectivity index (χ2v) is 4.21. The van der Waals surface area contributed by atoms with Crippen LogP contribution in [0.4, 0.5) is 13.2 Å². The van der Waals surface area contributed by atoms with Gasteiger partial charge in [-0.05, 0) is 18.4 Å². The zero-order valence-corrected chi connectivity index (χ0v) is 8.32. The zero-order valence-electron chi connectivity index (χ0n) is 8.32. The molecular weight excluding hydrogens is 191 g/mol. The molecule has 0 saturated heterocycles. The molecular formula is C10H18F3N. The second kappa shape index (κ2) is 5.01. The molecule has 1 nitrogen and oxygen atoms in total. The Morgan fingerprint density at radius 2 is 1.71 bits per heavy atom. The van der Waals surface area contributed by atoms with Gasteiger partial charge in [0.1, 0.15) is 0 Å². The van der Waals surface area contributed by atoms with E-state index in [0.717, 1.165) is 25.7 Å². The molecule has 0 aromatic carbocycles. The van der Waals surface area contributed by atoms with Gasteiger partial charge in [0.25, 0.3) is 0 Å². The summed E-state index contributed by atoms with van der Waals surface area (Å²) < 4.78 is 36.6. The molecule has 1 saturated carbocycles. The Kier molecular flexibility index (Phi) is 4.23. The van der Waals surface area contributed by atoms with Crippen molar-refractivity contribution in [2.75, 3.05) is 6.54 Å². The lowest BCUT2D eigenvalue weighted by atomic mass is 9.78. The molecule has 0 radical (unpaired) electrons. The molecule has 14 heavy (non-hydrogen) atoms. The van der Waals surface area contributed by atoms with E-state index in [4.69, 9.17) is 5.73 Å². The van der Waals surface area contributed by atoms with Crippen LogP contribution in [0.15, 0.2) is 0 Å². The van der Waals surface area contributed by atoms with E-state index in [1.54, 1.807) is 0 Å². The van der Waals surface area contributed by atoms with Gasteiger partial charge in [-0.15, -0.1) is 0 Å². The summed E-state index contributed by atoms with van der Waals surface area (Å²) in [7, 11) is 0. The third-order valence-electron chi connectivity index (χ3n) is 3.11. The number of alkyl halides is 3. The van der Waals surface area contributed by atoms with Crippen molar-refractivity contribution >= 4 is 0 Å². The van der Waals surface area contributed by atoms with Crippen LogP contribution in [0.2, 0.25) is 0 Å². The summed E-state index contributed by atoms with van der Waals surface area (Å²) in [5, 5.41) is 0. The number of nitrogens with two attached hydrogens (primary N) is 1. The molecule has 0 spiro atoms. The van der Waals surface area contributed by atoms with Crippen LogP contribution in [0, 0.1) is 11.8 Å². The summed E-state index contributed by atoms with van der Waals surface area (Å²) in [5.41, 5.74) is 5.41. The van der Waals surface area contributed by atoms with Gasteiger partial charge in [0.05, 0.1) is 0 Å². The van der Waals surface area contributed by atoms with E-state index in [-0.39, 0.29) is 18.4 Å². The summed E-state index contributed by atoms with van der Waals surface area (Å²) in [6.45, 7) is 0.171. The van der Waals surface area contributed by atoms with E-state index in [1.165, 1.54) is 6.42 Å². The summed E-state index contributed by atoms with van der Waals surface area (Å²) in [5.74, 6) is -0.148. The van der Waals surface area contributed by atoms with Crippen molar-refractivity contribution in [1.29, 1.82) is 0 Å². The van der Waals surface area contributed by atoms with E-state index in [1.807, 2.05) is 0 Å². The van der Waals surface area contributed by atoms with Crippen molar-refractivity contribution in [3.8, 4) is 0 Å². The predicted molar refractivity (Wildman–Crippen MR) is 49.8 cm³/mol. The van der Waals surface area contributed by atoms with Crippen LogP contribution < -0.4 is 5.73 Å². The lowest BCUT2D eigenvalue weighted by Crippen LogP contribution is -2.30. The van der Waals surface area contributed by atoms with Crippen LogP contribution >= 0.6 is 0 Å². The molecule has 1 aliphatic rings. The molecule has 1 rings (SSSR count). The van der Waals surface area contributed by atoms with Crippen LogP contribution in [0.3, 0.4) is 0 Å². The van der Waals surface area contributed by atoms with Gasteiger partial charge in [-0.1, -0.05) is 32.1 Å². The zero-order chi connectivity index (χ0) is 10.6. The highest BCUT2D eigenvalue weighted by Gasteiger charge is 2.35. The fourth-order valence-corrected chi connectivity index (χ4v) is 2.35. The molecule has 0 amide bonds. The minimum atomic E-state index is -4.05. The Morgan fingerprint density at radius 1 is 1.14 bits per heavy atom. The molecule has 1 aliphatic carbocycles. The molecule has 0 aromatic rings. The first-order valence-electron chi connectivity index (χ1n) is 5.30. The van der Waals surface area contributed by atoms with Crippen molar-refractivity contribution in [3.63, 3.8) is 0 Å². The van der Waals surface area contributed by atoms with Gasteiger partial charge in [-0.3, -0.25) is 0 Å². The maximum Gasteiger partial charge on any atom is 0.389 e. The Balaban J connectivity index is 2.43. The quantitative estimate of drug-likeness (QED) is 0.759. The van der Waals surface area contributed by atoms with Gasteiger partial charge in [0, 0.05) is 6.42 Å². The largest absolute Gasteiger partial charge is 0.389 e. The van der Waals surface area contributed by atoms with E-state index in [2.05, 4.69) is 0 Å². The SMILES string of the molecule is NC[C@H](CC(F)(F)F)C1CCCCC1. The fraction of sp³-hybridized carbons (Fsp3) is 1.00. The molecule has 0 aromatic heterocycles. The molecule has 84 valence electrons. The standard InChI is InChI=1S/C10H18F3N/c11-10(12,13)6-9(7-14)8-4-2-1-3-5-8/h8-9H,1-7,14H2/t9-/m0/s1. The van der Waals surface area contributed by atoms with E-state index >= 15 is 0 Å². The highest BCUT2D eigenvalue weighted by Crippen LogP contribution is 2.35. The van der Waals surface area contributed by atoms with Crippen molar-refractivity contribution in [3.05, 3.63) is 0 Å². The summed E-state index contributed by atoms with van der Waals surface area (Å²) >= 11 is 0. The van der Waals surface area contributed by atoms with Crippen LogP contribution in [-0.4, -0.2) is 12.7 Å². The minimum absolute atomic E-state index is 0.171. The highest BCUT2D eigenvalue weighted by molar-refractivity contribution is 4.76. The fourth-order valence-electron chi connectivity index (χ4n) is 2.35. The van der Waals surface area contributed by atoms with Crippen LogP contribution in [-0.2, 0) is 0 Å². The third-order valence-corrected chi connectivity index (χ3v) is 3.11. The number of hydrogen-bond donors (Lipinski definition) is 1. The Labute approximate surface area is 82.9 Å². The third kappa shape index (κ3) is 3.86. The highest BCUT2D eigenvalue weighted by atomic mass is 19.4. The van der Waals surface area contributed by atoms with Crippen molar-refractivity contribution in [2.24, 2.45) is 17.6 Å². The molecule has 1 fully saturated rings. The first-order valence-corrected chi connectivity index (χ1v) is 5.30. The number of rotatable bonds is 3. The smallest absolute Gasteiger partial charge is 0.330 e. The van der Waals surface area contributed by atoms with Crippen molar-refractivity contribution < 1.29 is 13.2 Å². The van der Waals surface area contributed by atoms with Gasteiger partial charge >= 0.3 is 6.18 Å². The van der Waals surface area contributed by atoms with Gasteiger partial charge in [-0.2, -0.15) is 13.2 Å². The maximum atomic E-state index is 12.2. The van der Waals surface area contributed by atoms with Crippen LogP contribution in [0.5, 0.6) is 0 Å². The van der Waals surface area contributed by atoms with Crippen LogP contribution in [0.1, 0.15) is 38.5 Å². The van der Waals surface area contributed by atoms with Gasteiger partial charge < -0.3 is 5.73 Å². The predicted octanol–water partition coefficient (Wildman–Crippen LogP) is 3.09. The molecule has 1 atom stereocenters. The molecule has 0 bridgehead atoms. The Morgan fingerprint density at radius 3 is 2.14 bits per heavy atom. The molecule has 4 heteroatoms. The summed E-state index contributed by atoms with van der Waals surface area (Å²) in [6.07, 6.45) is 0.406. The van der Waals surface area contributed by atoms with E-state index < -0.39 is 12.6 Å². The average molecular weight is 209 g/mol. The Bertz CT molecular complexity index is 161. The first kappa shape index (κ1) is 11.8. The minimum Gasteiger partial charge on any atom is -0.330 e. The number of halogens is 3. The van der Waals surface area contributed by atoms with Gasteiger partial charge in [-0.25, -0.2) is 0 Å². The topological polar surface area (TPSA) is 26.0 Å². The Hall–Kier alpha value is -0.250. The molecule has 0 unspecified atom stereocenters. The summed E-state index contributed by atoms with van der Waals surface area (Å²) in [4.78, 5) is 0. The van der Waals surface area contributed by atoms with Gasteiger partial charge in [0.15, 0.2) is 0 Å². The molecule has 0 aliphatic heterocycles. The van der Waals surface area contributed by atoms with E-state index in [0.29, 0.717) is 0 Å². The lowest BCUT2D eigenvalue weighted by molar-refractivity contribution is -0.148. The normalized spacial score (nSPS) is 22.3.